The Labute approximate surface area is 83.2 Å². The van der Waals surface area contributed by atoms with Crippen molar-refractivity contribution in [1.82, 2.24) is 15.0 Å². The predicted molar refractivity (Wildman–Crippen MR) is 51.7 cm³/mol. The van der Waals surface area contributed by atoms with Crippen molar-refractivity contribution >= 4 is 0 Å². The molecule has 5 heteroatoms. The Kier molecular flexibility index (Phi) is 2.79. The minimum absolute atomic E-state index is 0.0383. The highest BCUT2D eigenvalue weighted by Gasteiger charge is 2.17. The molecule has 1 aromatic rings. The second kappa shape index (κ2) is 4.06. The molecule has 0 aromatic carbocycles. The molecular formula is C9H16N4O. The second-order valence-corrected chi connectivity index (χ2v) is 3.76. The first-order chi connectivity index (χ1) is 6.77. The van der Waals surface area contributed by atoms with E-state index in [-0.39, 0.29) is 6.04 Å². The minimum Gasteiger partial charge on any atom is -0.381 e. The summed E-state index contributed by atoms with van der Waals surface area (Å²) in [5.41, 5.74) is 6.57. The maximum Gasteiger partial charge on any atom is 0.0991 e. The van der Waals surface area contributed by atoms with Gasteiger partial charge in [0, 0.05) is 19.3 Å². The maximum atomic E-state index is 5.72. The summed E-state index contributed by atoms with van der Waals surface area (Å²) < 4.78 is 7.21. The quantitative estimate of drug-likeness (QED) is 0.754. The molecule has 1 aliphatic rings. The number of nitrogens with two attached hydrogens (primary N) is 1. The first-order valence-electron chi connectivity index (χ1n) is 5.02. The average molecular weight is 196 g/mol. The molecule has 2 rings (SSSR count). The fourth-order valence-corrected chi connectivity index (χ4v) is 1.63. The lowest BCUT2D eigenvalue weighted by molar-refractivity contribution is 0.0657. The van der Waals surface area contributed by atoms with E-state index in [1.165, 1.54) is 0 Å². The third-order valence-electron chi connectivity index (χ3n) is 2.56. The molecular weight excluding hydrogens is 180 g/mol. The third kappa shape index (κ3) is 1.93. The molecule has 0 spiro atoms. The topological polar surface area (TPSA) is 66.0 Å². The van der Waals surface area contributed by atoms with Gasteiger partial charge in [-0.15, -0.1) is 5.10 Å². The monoisotopic (exact) mass is 196 g/mol. The Bertz CT molecular complexity index is 291. The van der Waals surface area contributed by atoms with Crippen LogP contribution in [0.25, 0.3) is 0 Å². The number of rotatable bonds is 2. The summed E-state index contributed by atoms with van der Waals surface area (Å²) in [6, 6.07) is 0.396. The first kappa shape index (κ1) is 9.61. The van der Waals surface area contributed by atoms with Crippen molar-refractivity contribution in [2.24, 2.45) is 5.73 Å². The van der Waals surface area contributed by atoms with Gasteiger partial charge in [0.25, 0.3) is 0 Å². The van der Waals surface area contributed by atoms with Crippen molar-refractivity contribution in [1.29, 1.82) is 0 Å². The molecule has 0 bridgehead atoms. The van der Waals surface area contributed by atoms with Crippen LogP contribution in [0.15, 0.2) is 6.20 Å². The van der Waals surface area contributed by atoms with E-state index in [4.69, 9.17) is 10.5 Å². The van der Waals surface area contributed by atoms with Gasteiger partial charge in [0.1, 0.15) is 0 Å². The first-order valence-corrected chi connectivity index (χ1v) is 5.02. The summed E-state index contributed by atoms with van der Waals surface area (Å²) in [5.74, 6) is 0. The highest BCUT2D eigenvalue weighted by molar-refractivity contribution is 4.98. The average Bonchev–Trinajstić information content (AvgIpc) is 2.68. The second-order valence-electron chi connectivity index (χ2n) is 3.76. The van der Waals surface area contributed by atoms with Gasteiger partial charge in [-0.1, -0.05) is 5.21 Å². The Balaban J connectivity index is 2.07. The van der Waals surface area contributed by atoms with Crippen LogP contribution in [-0.2, 0) is 4.74 Å². The molecule has 1 aromatic heterocycles. The molecule has 0 saturated carbocycles. The molecule has 0 amide bonds. The van der Waals surface area contributed by atoms with Crippen LogP contribution in [0.2, 0.25) is 0 Å². The molecule has 1 atom stereocenters. The molecule has 0 aliphatic carbocycles. The van der Waals surface area contributed by atoms with Crippen LogP contribution in [-0.4, -0.2) is 28.2 Å². The minimum atomic E-state index is -0.0383. The summed E-state index contributed by atoms with van der Waals surface area (Å²) in [6.07, 6.45) is 3.98. The SMILES string of the molecule is CC(N)c1cn(C2CCOCC2)nn1. The smallest absolute Gasteiger partial charge is 0.0991 e. The lowest BCUT2D eigenvalue weighted by atomic mass is 10.1. The largest absolute Gasteiger partial charge is 0.381 e. The van der Waals surface area contributed by atoms with Crippen LogP contribution < -0.4 is 5.73 Å². The van der Waals surface area contributed by atoms with Gasteiger partial charge in [-0.25, -0.2) is 4.68 Å². The molecule has 5 nitrogen and oxygen atoms in total. The van der Waals surface area contributed by atoms with Gasteiger partial charge in [0.05, 0.1) is 17.9 Å². The fourth-order valence-electron chi connectivity index (χ4n) is 1.63. The Hall–Kier alpha value is -0.940. The lowest BCUT2D eigenvalue weighted by Crippen LogP contribution is -2.20. The van der Waals surface area contributed by atoms with E-state index in [1.54, 1.807) is 0 Å². The van der Waals surface area contributed by atoms with E-state index in [2.05, 4.69) is 10.3 Å². The van der Waals surface area contributed by atoms with E-state index in [0.29, 0.717) is 6.04 Å². The molecule has 1 saturated heterocycles. The Morgan fingerprint density at radius 1 is 1.57 bits per heavy atom. The van der Waals surface area contributed by atoms with Gasteiger partial charge >= 0.3 is 0 Å². The van der Waals surface area contributed by atoms with Crippen LogP contribution in [0.3, 0.4) is 0 Å². The van der Waals surface area contributed by atoms with Crippen LogP contribution >= 0.6 is 0 Å². The van der Waals surface area contributed by atoms with Crippen LogP contribution in [0.1, 0.15) is 37.5 Å². The Morgan fingerprint density at radius 2 is 2.29 bits per heavy atom. The standard InChI is InChI=1S/C9H16N4O/c1-7(10)9-6-13(12-11-9)8-2-4-14-5-3-8/h6-8H,2-5,10H2,1H3. The number of ether oxygens (including phenoxy) is 1. The molecule has 14 heavy (non-hydrogen) atoms. The summed E-state index contributed by atoms with van der Waals surface area (Å²) in [5, 5.41) is 8.13. The summed E-state index contributed by atoms with van der Waals surface area (Å²) >= 11 is 0. The van der Waals surface area contributed by atoms with Crippen molar-refractivity contribution in [3.63, 3.8) is 0 Å². The lowest BCUT2D eigenvalue weighted by Gasteiger charge is -2.21. The van der Waals surface area contributed by atoms with E-state index in [0.717, 1.165) is 31.7 Å². The normalized spacial score (nSPS) is 21.0. The number of nitrogens with zero attached hydrogens (tertiary/aromatic N) is 3. The van der Waals surface area contributed by atoms with Gasteiger partial charge < -0.3 is 10.5 Å². The number of hydrogen-bond acceptors (Lipinski definition) is 4. The van der Waals surface area contributed by atoms with E-state index < -0.39 is 0 Å². The van der Waals surface area contributed by atoms with Gasteiger partial charge in [-0.3, -0.25) is 0 Å². The highest BCUT2D eigenvalue weighted by atomic mass is 16.5. The van der Waals surface area contributed by atoms with Gasteiger partial charge in [0.15, 0.2) is 0 Å². The van der Waals surface area contributed by atoms with E-state index in [1.807, 2.05) is 17.8 Å². The fraction of sp³-hybridized carbons (Fsp3) is 0.778. The van der Waals surface area contributed by atoms with Crippen molar-refractivity contribution < 1.29 is 4.74 Å². The summed E-state index contributed by atoms with van der Waals surface area (Å²) in [6.45, 7) is 3.55. The van der Waals surface area contributed by atoms with Crippen LogP contribution in [0, 0.1) is 0 Å². The van der Waals surface area contributed by atoms with Crippen molar-refractivity contribution in [3.05, 3.63) is 11.9 Å². The highest BCUT2D eigenvalue weighted by Crippen LogP contribution is 2.20. The van der Waals surface area contributed by atoms with Gasteiger partial charge in [-0.05, 0) is 19.8 Å². The van der Waals surface area contributed by atoms with E-state index in [9.17, 15) is 0 Å². The van der Waals surface area contributed by atoms with Crippen molar-refractivity contribution in [3.8, 4) is 0 Å². The van der Waals surface area contributed by atoms with Crippen LogP contribution in [0.5, 0.6) is 0 Å². The molecule has 2 N–H and O–H groups in total. The van der Waals surface area contributed by atoms with Crippen LogP contribution in [0.4, 0.5) is 0 Å². The van der Waals surface area contributed by atoms with Gasteiger partial charge in [0.2, 0.25) is 0 Å². The van der Waals surface area contributed by atoms with Crippen molar-refractivity contribution in [2.45, 2.75) is 31.8 Å². The Morgan fingerprint density at radius 3 is 2.86 bits per heavy atom. The molecule has 1 unspecified atom stereocenters. The number of aromatic nitrogens is 3. The maximum absolute atomic E-state index is 5.72. The molecule has 0 radical (unpaired) electrons. The zero-order valence-electron chi connectivity index (χ0n) is 8.39. The van der Waals surface area contributed by atoms with E-state index >= 15 is 0 Å². The molecule has 2 heterocycles. The molecule has 1 aliphatic heterocycles. The predicted octanol–water partition coefficient (Wildman–Crippen LogP) is 0.649. The molecule has 78 valence electrons. The number of hydrogen-bond donors (Lipinski definition) is 1. The molecule has 1 fully saturated rings. The van der Waals surface area contributed by atoms with Gasteiger partial charge in [-0.2, -0.15) is 0 Å². The summed E-state index contributed by atoms with van der Waals surface area (Å²) in [7, 11) is 0. The third-order valence-corrected chi connectivity index (χ3v) is 2.56. The summed E-state index contributed by atoms with van der Waals surface area (Å²) in [4.78, 5) is 0. The van der Waals surface area contributed by atoms with Crippen molar-refractivity contribution in [2.75, 3.05) is 13.2 Å². The zero-order chi connectivity index (χ0) is 9.97. The zero-order valence-corrected chi connectivity index (χ0v) is 8.39.